The second kappa shape index (κ2) is 13.6. The number of aliphatic hydroxyl groups is 1. The number of nitrogens with one attached hydrogen (secondary N) is 1. The van der Waals surface area contributed by atoms with E-state index in [2.05, 4.69) is 37.1 Å². The Labute approximate surface area is 251 Å². The molecule has 4 saturated carbocycles. The predicted molar refractivity (Wildman–Crippen MR) is 169 cm³/mol. The van der Waals surface area contributed by atoms with E-state index in [0.717, 1.165) is 32.2 Å². The number of aliphatic hydroxyl groups excluding tert-OH is 1. The van der Waals surface area contributed by atoms with E-state index in [1.807, 2.05) is 25.4 Å². The van der Waals surface area contributed by atoms with Crippen molar-refractivity contribution in [3.63, 3.8) is 0 Å². The monoisotopic (exact) mass is 564 g/mol. The average Bonchev–Trinajstić information content (AvgIpc) is 3.33. The summed E-state index contributed by atoms with van der Waals surface area (Å²) in [7, 11) is 0. The number of pyridine rings is 1. The third kappa shape index (κ3) is 6.64. The van der Waals surface area contributed by atoms with Crippen molar-refractivity contribution in [2.75, 3.05) is 6.54 Å². The average molecular weight is 565 g/mol. The Morgan fingerprint density at radius 3 is 2.61 bits per heavy atom. The van der Waals surface area contributed by atoms with E-state index >= 15 is 0 Å². The van der Waals surface area contributed by atoms with Gasteiger partial charge in [0.25, 0.3) is 0 Å². The minimum absolute atomic E-state index is 0.128. The zero-order chi connectivity index (χ0) is 29.0. The molecule has 5 rings (SSSR count). The topological polar surface area (TPSA) is 62.2 Å². The molecule has 10 atom stereocenters. The van der Waals surface area contributed by atoms with Crippen molar-refractivity contribution in [2.24, 2.45) is 46.3 Å². The molecule has 0 saturated heterocycles. The molecule has 0 aliphatic heterocycles. The van der Waals surface area contributed by atoms with E-state index in [1.54, 1.807) is 0 Å². The zero-order valence-corrected chi connectivity index (χ0v) is 26.8. The molecule has 4 aliphatic rings. The molecule has 2 N–H and O–H groups in total. The standard InChI is InChI=1S/C37H60N2O2/c1-5-30(40)14-13-26(2)31-15-16-32-35-33(18-20-37(31,32)4)36(3)19-17-29(23-28(36)24-34(35)41)39-22-9-7-6-8-11-27-12-10-21-38-25-27/h10,12,21,25-26,28-29,31-35,39,41H,5-9,11,13-20,22-24H2,1-4H3/t26-,28-,29+,31-,32?,33?,34-,35?,36+,37-/m1/s1. The first kappa shape index (κ1) is 31.2. The number of aromatic nitrogens is 1. The van der Waals surface area contributed by atoms with Gasteiger partial charge in [0, 0.05) is 31.3 Å². The number of aryl methyl sites for hydroxylation is 1. The summed E-state index contributed by atoms with van der Waals surface area (Å²) >= 11 is 0. The van der Waals surface area contributed by atoms with Crippen molar-refractivity contribution in [1.82, 2.24) is 10.3 Å². The van der Waals surface area contributed by atoms with Crippen molar-refractivity contribution in [3.8, 4) is 0 Å². The number of rotatable bonds is 13. The first-order chi connectivity index (χ1) is 19.8. The number of hydrogen-bond acceptors (Lipinski definition) is 4. The van der Waals surface area contributed by atoms with Gasteiger partial charge >= 0.3 is 0 Å². The minimum atomic E-state index is -0.128. The maximum atomic E-state index is 12.0. The molecule has 4 aliphatic carbocycles. The Bertz CT molecular complexity index is 982. The Morgan fingerprint density at radius 2 is 1.83 bits per heavy atom. The highest BCUT2D eigenvalue weighted by molar-refractivity contribution is 5.77. The normalized spacial score (nSPS) is 39.0. The number of Topliss-reactive ketones (excluding diaryl/α,β-unsaturated/α-hetero) is 1. The zero-order valence-electron chi connectivity index (χ0n) is 26.8. The molecule has 1 heterocycles. The summed E-state index contributed by atoms with van der Waals surface area (Å²) in [6.07, 6.45) is 22.6. The van der Waals surface area contributed by atoms with E-state index in [1.165, 1.54) is 76.2 Å². The van der Waals surface area contributed by atoms with Crippen LogP contribution in [0.1, 0.15) is 130 Å². The lowest BCUT2D eigenvalue weighted by Gasteiger charge is -2.62. The van der Waals surface area contributed by atoms with Gasteiger partial charge < -0.3 is 10.4 Å². The van der Waals surface area contributed by atoms with Crippen molar-refractivity contribution >= 4 is 5.78 Å². The Morgan fingerprint density at radius 1 is 1.05 bits per heavy atom. The molecule has 230 valence electrons. The van der Waals surface area contributed by atoms with Crippen LogP contribution in [0, 0.1) is 46.3 Å². The molecule has 4 fully saturated rings. The summed E-state index contributed by atoms with van der Waals surface area (Å²) < 4.78 is 0. The van der Waals surface area contributed by atoms with Gasteiger partial charge in [-0.1, -0.05) is 46.6 Å². The molecule has 0 amide bonds. The summed E-state index contributed by atoms with van der Waals surface area (Å²) in [5, 5.41) is 15.7. The molecule has 0 spiro atoms. The van der Waals surface area contributed by atoms with Gasteiger partial charge in [-0.05, 0) is 142 Å². The lowest BCUT2D eigenvalue weighted by molar-refractivity contribution is -0.167. The number of fused-ring (bicyclic) bond motifs is 5. The molecule has 4 heteroatoms. The van der Waals surface area contributed by atoms with Crippen LogP contribution in [-0.4, -0.2) is 34.6 Å². The fourth-order valence-electron chi connectivity index (χ4n) is 10.8. The fourth-order valence-corrected chi connectivity index (χ4v) is 10.8. The van der Waals surface area contributed by atoms with Gasteiger partial charge in [-0.2, -0.15) is 0 Å². The Hall–Kier alpha value is -1.26. The number of nitrogens with zero attached hydrogens (tertiary/aromatic N) is 1. The SMILES string of the molecule is CCC(=O)CC[C@@H](C)[C@H]1CCC2C3C(CC[C@@]21C)[C@@]1(C)CC[C@H](NCCCCCCc2cccnc2)C[C@@H]1C[C@H]3O. The molecule has 0 radical (unpaired) electrons. The third-order valence-corrected chi connectivity index (χ3v) is 13.3. The van der Waals surface area contributed by atoms with Crippen LogP contribution in [0.2, 0.25) is 0 Å². The minimum Gasteiger partial charge on any atom is -0.393 e. The number of carbonyl (C=O) groups is 1. The molecule has 0 bridgehead atoms. The maximum absolute atomic E-state index is 12.0. The molecule has 1 aromatic heterocycles. The van der Waals surface area contributed by atoms with E-state index in [-0.39, 0.29) is 6.10 Å². The van der Waals surface area contributed by atoms with Gasteiger partial charge in [-0.3, -0.25) is 9.78 Å². The van der Waals surface area contributed by atoms with Gasteiger partial charge in [-0.25, -0.2) is 0 Å². The number of unbranched alkanes of at least 4 members (excludes halogenated alkanes) is 3. The van der Waals surface area contributed by atoms with Crippen molar-refractivity contribution in [1.29, 1.82) is 0 Å². The lowest BCUT2D eigenvalue weighted by Crippen LogP contribution is -2.59. The van der Waals surface area contributed by atoms with Gasteiger partial charge in [-0.15, -0.1) is 0 Å². The molecule has 0 aromatic carbocycles. The first-order valence-corrected chi connectivity index (χ1v) is 17.6. The van der Waals surface area contributed by atoms with Crippen LogP contribution in [0.4, 0.5) is 0 Å². The largest absolute Gasteiger partial charge is 0.393 e. The van der Waals surface area contributed by atoms with Crippen molar-refractivity contribution < 1.29 is 9.90 Å². The van der Waals surface area contributed by atoms with Crippen LogP contribution >= 0.6 is 0 Å². The van der Waals surface area contributed by atoms with Gasteiger partial charge in [0.05, 0.1) is 6.10 Å². The van der Waals surface area contributed by atoms with Crippen LogP contribution in [0.25, 0.3) is 0 Å². The summed E-state index contributed by atoms with van der Waals surface area (Å²) in [6, 6.07) is 4.85. The van der Waals surface area contributed by atoms with Crippen LogP contribution in [-0.2, 0) is 11.2 Å². The van der Waals surface area contributed by atoms with E-state index < -0.39 is 0 Å². The third-order valence-electron chi connectivity index (χ3n) is 13.3. The molecule has 1 aromatic rings. The van der Waals surface area contributed by atoms with Gasteiger partial charge in [0.2, 0.25) is 0 Å². The van der Waals surface area contributed by atoms with E-state index in [4.69, 9.17) is 0 Å². The predicted octanol–water partition coefficient (Wildman–Crippen LogP) is 8.17. The van der Waals surface area contributed by atoms with Crippen LogP contribution in [0.3, 0.4) is 0 Å². The smallest absolute Gasteiger partial charge is 0.132 e. The summed E-state index contributed by atoms with van der Waals surface area (Å²) in [5.74, 6) is 4.24. The number of hydrogen-bond donors (Lipinski definition) is 2. The summed E-state index contributed by atoms with van der Waals surface area (Å²) in [4.78, 5) is 16.3. The Balaban J connectivity index is 1.10. The Kier molecular flexibility index (Phi) is 10.3. The molecule has 41 heavy (non-hydrogen) atoms. The second-order valence-corrected chi connectivity index (χ2v) is 15.4. The molecular weight excluding hydrogens is 504 g/mol. The molecule has 4 nitrogen and oxygen atoms in total. The highest BCUT2D eigenvalue weighted by Crippen LogP contribution is 2.68. The van der Waals surface area contributed by atoms with Gasteiger partial charge in [0.15, 0.2) is 0 Å². The second-order valence-electron chi connectivity index (χ2n) is 15.4. The van der Waals surface area contributed by atoms with Gasteiger partial charge in [0.1, 0.15) is 5.78 Å². The highest BCUT2D eigenvalue weighted by Gasteiger charge is 2.62. The highest BCUT2D eigenvalue weighted by atomic mass is 16.3. The number of carbonyl (C=O) groups excluding carboxylic acids is 1. The van der Waals surface area contributed by atoms with Crippen molar-refractivity contribution in [3.05, 3.63) is 30.1 Å². The lowest BCUT2D eigenvalue weighted by atomic mass is 9.43. The maximum Gasteiger partial charge on any atom is 0.132 e. The van der Waals surface area contributed by atoms with E-state index in [9.17, 15) is 9.90 Å². The molecular formula is C37H60N2O2. The summed E-state index contributed by atoms with van der Waals surface area (Å²) in [5.41, 5.74) is 2.10. The summed E-state index contributed by atoms with van der Waals surface area (Å²) in [6.45, 7) is 10.7. The number of ketones is 1. The van der Waals surface area contributed by atoms with Crippen LogP contribution < -0.4 is 5.32 Å². The van der Waals surface area contributed by atoms with Crippen LogP contribution in [0.5, 0.6) is 0 Å². The van der Waals surface area contributed by atoms with E-state index in [0.29, 0.717) is 64.6 Å². The van der Waals surface area contributed by atoms with Crippen molar-refractivity contribution in [2.45, 2.75) is 143 Å². The van der Waals surface area contributed by atoms with Crippen LogP contribution in [0.15, 0.2) is 24.5 Å². The first-order valence-electron chi connectivity index (χ1n) is 17.6. The fraction of sp³-hybridized carbons (Fsp3) is 0.838. The molecule has 3 unspecified atom stereocenters. The quantitative estimate of drug-likeness (QED) is 0.237.